The Morgan fingerprint density at radius 2 is 2.20 bits per heavy atom. The van der Waals surface area contributed by atoms with Crippen molar-refractivity contribution < 1.29 is 9.53 Å². The van der Waals surface area contributed by atoms with Crippen LogP contribution in [0.2, 0.25) is 0 Å². The molecule has 58 valence electrons. The Bertz CT molecular complexity index is 143. The van der Waals surface area contributed by atoms with Crippen molar-refractivity contribution in [3.05, 3.63) is 12.2 Å². The Morgan fingerprint density at radius 3 is 2.50 bits per heavy atom. The van der Waals surface area contributed by atoms with E-state index in [4.69, 9.17) is 23.2 Å². The maximum atomic E-state index is 10.7. The molecule has 4 heteroatoms. The second-order valence-electron chi connectivity index (χ2n) is 1.55. The summed E-state index contributed by atoms with van der Waals surface area (Å²) in [5.41, 5.74) is 0.0742. The number of alkyl halides is 2. The van der Waals surface area contributed by atoms with Crippen molar-refractivity contribution in [2.24, 2.45) is 0 Å². The molecule has 0 aliphatic heterocycles. The van der Waals surface area contributed by atoms with E-state index in [9.17, 15) is 4.79 Å². The van der Waals surface area contributed by atoms with Gasteiger partial charge in [0.1, 0.15) is 4.84 Å². The van der Waals surface area contributed by atoms with Crippen LogP contribution >= 0.6 is 23.2 Å². The molecule has 0 radical (unpaired) electrons. The smallest absolute Gasteiger partial charge is 0.336 e. The first kappa shape index (κ1) is 9.79. The average Bonchev–Trinajstić information content (AvgIpc) is 1.87. The average molecular weight is 183 g/mol. The van der Waals surface area contributed by atoms with Gasteiger partial charge in [-0.1, -0.05) is 29.8 Å². The standard InChI is InChI=1S/C6H8Cl2O2/c1-3-10-6(9)4(2)5(7)8/h5H,2-3H2,1H3. The summed E-state index contributed by atoms with van der Waals surface area (Å²) in [6, 6.07) is 0. The van der Waals surface area contributed by atoms with Gasteiger partial charge in [0.15, 0.2) is 0 Å². The van der Waals surface area contributed by atoms with Gasteiger partial charge in [0, 0.05) is 0 Å². The maximum Gasteiger partial charge on any atom is 0.336 e. The minimum atomic E-state index is -0.876. The van der Waals surface area contributed by atoms with Crippen LogP contribution in [0.1, 0.15) is 6.92 Å². The van der Waals surface area contributed by atoms with Crippen molar-refractivity contribution >= 4 is 29.2 Å². The van der Waals surface area contributed by atoms with Crippen molar-refractivity contribution in [1.82, 2.24) is 0 Å². The zero-order chi connectivity index (χ0) is 8.15. The van der Waals surface area contributed by atoms with Crippen molar-refractivity contribution in [3.8, 4) is 0 Å². The number of hydrogen-bond acceptors (Lipinski definition) is 2. The first-order chi connectivity index (χ1) is 4.59. The highest BCUT2D eigenvalue weighted by atomic mass is 35.5. The minimum absolute atomic E-state index is 0.0742. The predicted molar refractivity (Wildman–Crippen MR) is 41.3 cm³/mol. The largest absolute Gasteiger partial charge is 0.463 e. The summed E-state index contributed by atoms with van der Waals surface area (Å²) < 4.78 is 4.56. The lowest BCUT2D eigenvalue weighted by Gasteiger charge is -2.03. The molecule has 0 aromatic carbocycles. The van der Waals surface area contributed by atoms with Gasteiger partial charge in [-0.3, -0.25) is 0 Å². The molecule has 2 nitrogen and oxygen atoms in total. The van der Waals surface area contributed by atoms with Gasteiger partial charge >= 0.3 is 5.97 Å². The van der Waals surface area contributed by atoms with Crippen molar-refractivity contribution in [2.45, 2.75) is 11.8 Å². The predicted octanol–water partition coefficient (Wildman–Crippen LogP) is 1.91. The number of esters is 1. The molecule has 0 N–H and O–H groups in total. The Morgan fingerprint density at radius 1 is 1.70 bits per heavy atom. The second kappa shape index (κ2) is 4.58. The fourth-order valence-corrected chi connectivity index (χ4v) is 0.491. The van der Waals surface area contributed by atoms with Crippen molar-refractivity contribution in [3.63, 3.8) is 0 Å². The Kier molecular flexibility index (Phi) is 4.49. The van der Waals surface area contributed by atoms with Crippen LogP contribution in [0.15, 0.2) is 12.2 Å². The summed E-state index contributed by atoms with van der Waals surface area (Å²) in [5, 5.41) is 0. The fourth-order valence-electron chi connectivity index (χ4n) is 0.313. The van der Waals surface area contributed by atoms with E-state index in [2.05, 4.69) is 11.3 Å². The molecule has 10 heavy (non-hydrogen) atoms. The lowest BCUT2D eigenvalue weighted by Crippen LogP contribution is -2.11. The van der Waals surface area contributed by atoms with Crippen LogP contribution in [0.5, 0.6) is 0 Å². The van der Waals surface area contributed by atoms with E-state index in [1.54, 1.807) is 6.92 Å². The molecule has 0 saturated heterocycles. The number of hydrogen-bond donors (Lipinski definition) is 0. The molecule has 0 unspecified atom stereocenters. The summed E-state index contributed by atoms with van der Waals surface area (Å²) in [7, 11) is 0. The van der Waals surface area contributed by atoms with Crippen LogP contribution in [0.3, 0.4) is 0 Å². The second-order valence-corrected chi connectivity index (χ2v) is 2.64. The number of halogens is 2. The molecule has 0 saturated carbocycles. The highest BCUT2D eigenvalue weighted by Gasteiger charge is 2.14. The molecule has 0 aromatic heterocycles. The molecule has 0 aliphatic rings. The van der Waals surface area contributed by atoms with Crippen LogP contribution in [-0.4, -0.2) is 17.4 Å². The molecule has 0 fully saturated rings. The maximum absolute atomic E-state index is 10.7. The van der Waals surface area contributed by atoms with Gasteiger partial charge in [-0.2, -0.15) is 0 Å². The van der Waals surface area contributed by atoms with Gasteiger partial charge in [-0.05, 0) is 6.92 Å². The molecule has 0 bridgehead atoms. The monoisotopic (exact) mass is 182 g/mol. The molecule has 0 atom stereocenters. The molecule has 0 spiro atoms. The van der Waals surface area contributed by atoms with E-state index in [1.165, 1.54) is 0 Å². The van der Waals surface area contributed by atoms with Crippen LogP contribution in [0.25, 0.3) is 0 Å². The summed E-state index contributed by atoms with van der Waals surface area (Å²) in [5.74, 6) is -0.544. The van der Waals surface area contributed by atoms with Crippen LogP contribution in [0, 0.1) is 0 Å². The first-order valence-corrected chi connectivity index (χ1v) is 3.61. The molecular weight excluding hydrogens is 175 g/mol. The molecule has 0 amide bonds. The third-order valence-corrected chi connectivity index (χ3v) is 1.33. The van der Waals surface area contributed by atoms with E-state index in [1.807, 2.05) is 0 Å². The zero-order valence-corrected chi connectivity index (χ0v) is 7.08. The Labute approximate surface area is 69.8 Å². The van der Waals surface area contributed by atoms with E-state index >= 15 is 0 Å². The van der Waals surface area contributed by atoms with Gasteiger partial charge in [-0.15, -0.1) is 0 Å². The van der Waals surface area contributed by atoms with Crippen LogP contribution in [0.4, 0.5) is 0 Å². The number of ether oxygens (including phenoxy) is 1. The SMILES string of the molecule is C=C(C(=O)OCC)C(Cl)Cl. The van der Waals surface area contributed by atoms with Gasteiger partial charge in [0.2, 0.25) is 0 Å². The van der Waals surface area contributed by atoms with Crippen LogP contribution in [-0.2, 0) is 9.53 Å². The molecule has 0 heterocycles. The number of rotatable bonds is 3. The number of carbonyl (C=O) groups is 1. The molecule has 0 aliphatic carbocycles. The van der Waals surface area contributed by atoms with E-state index < -0.39 is 10.8 Å². The lowest BCUT2D eigenvalue weighted by molar-refractivity contribution is -0.138. The topological polar surface area (TPSA) is 26.3 Å². The summed E-state index contributed by atoms with van der Waals surface area (Å²) in [6.07, 6.45) is 0. The van der Waals surface area contributed by atoms with Gasteiger partial charge in [-0.25, -0.2) is 4.79 Å². The Balaban J connectivity index is 3.83. The quantitative estimate of drug-likeness (QED) is 0.379. The van der Waals surface area contributed by atoms with E-state index in [-0.39, 0.29) is 5.57 Å². The van der Waals surface area contributed by atoms with Gasteiger partial charge < -0.3 is 4.74 Å². The normalized spacial score (nSPS) is 9.60. The molecule has 0 aromatic rings. The van der Waals surface area contributed by atoms with Crippen molar-refractivity contribution in [1.29, 1.82) is 0 Å². The highest BCUT2D eigenvalue weighted by molar-refractivity contribution is 6.47. The highest BCUT2D eigenvalue weighted by Crippen LogP contribution is 2.13. The molecule has 0 rings (SSSR count). The summed E-state index contributed by atoms with van der Waals surface area (Å²) in [4.78, 5) is 9.82. The van der Waals surface area contributed by atoms with E-state index in [0.29, 0.717) is 6.61 Å². The first-order valence-electron chi connectivity index (χ1n) is 2.73. The minimum Gasteiger partial charge on any atom is -0.463 e. The van der Waals surface area contributed by atoms with Crippen molar-refractivity contribution in [2.75, 3.05) is 6.61 Å². The zero-order valence-electron chi connectivity index (χ0n) is 5.56. The lowest BCUT2D eigenvalue weighted by atomic mass is 10.3. The van der Waals surface area contributed by atoms with E-state index in [0.717, 1.165) is 0 Å². The summed E-state index contributed by atoms with van der Waals surface area (Å²) in [6.45, 7) is 5.34. The van der Waals surface area contributed by atoms with Crippen LogP contribution < -0.4 is 0 Å². The van der Waals surface area contributed by atoms with Gasteiger partial charge in [0.05, 0.1) is 12.2 Å². The van der Waals surface area contributed by atoms with Gasteiger partial charge in [0.25, 0.3) is 0 Å². The molecular formula is C6H8Cl2O2. The third kappa shape index (κ3) is 3.08. The summed E-state index contributed by atoms with van der Waals surface area (Å²) >= 11 is 10.6. The number of carbonyl (C=O) groups excluding carboxylic acids is 1. The fraction of sp³-hybridized carbons (Fsp3) is 0.500. The Hall–Kier alpha value is -0.210. The third-order valence-electron chi connectivity index (χ3n) is 0.801.